The van der Waals surface area contributed by atoms with E-state index in [2.05, 4.69) is 78.4 Å². The third-order valence-corrected chi connectivity index (χ3v) is 11.6. The van der Waals surface area contributed by atoms with Gasteiger partial charge in [-0.05, 0) is 73.1 Å². The molecule has 0 bridgehead atoms. The van der Waals surface area contributed by atoms with E-state index in [1.165, 1.54) is 53.2 Å². The van der Waals surface area contributed by atoms with Gasteiger partial charge in [0.15, 0.2) is 0 Å². The number of benzene rings is 2. The van der Waals surface area contributed by atoms with Crippen LogP contribution in [0.2, 0.25) is 0 Å². The van der Waals surface area contributed by atoms with Gasteiger partial charge < -0.3 is 9.08 Å². The SMILES string of the molecule is COSc1ccc2sc(/C=C/C3=C(SC)C(=C/C=C4\Sc5ccc(S(C)=O)cc5N4C)/CCC3)[n+](C)c2c1. The van der Waals surface area contributed by atoms with Crippen molar-refractivity contribution in [1.29, 1.82) is 0 Å². The fourth-order valence-electron chi connectivity index (χ4n) is 4.74. The maximum absolute atomic E-state index is 12.0. The van der Waals surface area contributed by atoms with Crippen LogP contribution in [-0.4, -0.2) is 30.9 Å². The van der Waals surface area contributed by atoms with E-state index in [-0.39, 0.29) is 0 Å². The van der Waals surface area contributed by atoms with Crippen LogP contribution in [0.25, 0.3) is 16.3 Å². The van der Waals surface area contributed by atoms with E-state index >= 15 is 0 Å². The topological polar surface area (TPSA) is 33.4 Å². The lowest BCUT2D eigenvalue weighted by molar-refractivity contribution is -0.642. The van der Waals surface area contributed by atoms with Crippen LogP contribution in [0.5, 0.6) is 0 Å². The number of thiazole rings is 1. The highest BCUT2D eigenvalue weighted by atomic mass is 32.2. The number of anilines is 1. The average molecular weight is 600 g/mol. The van der Waals surface area contributed by atoms with Crippen LogP contribution in [0.15, 0.2) is 90.4 Å². The van der Waals surface area contributed by atoms with Gasteiger partial charge in [0, 0.05) is 67.9 Å². The molecule has 2 heterocycles. The minimum atomic E-state index is -0.979. The maximum Gasteiger partial charge on any atom is 0.262 e. The first kappa shape index (κ1) is 27.8. The molecule has 1 aromatic heterocycles. The minimum absolute atomic E-state index is 0.869. The van der Waals surface area contributed by atoms with Crippen molar-refractivity contribution in [3.05, 3.63) is 80.7 Å². The Morgan fingerprint density at radius 1 is 1.13 bits per heavy atom. The third-order valence-electron chi connectivity index (χ3n) is 6.72. The van der Waals surface area contributed by atoms with Crippen LogP contribution in [-0.2, 0) is 22.0 Å². The van der Waals surface area contributed by atoms with Crippen molar-refractivity contribution in [2.24, 2.45) is 7.05 Å². The molecule has 2 aromatic carbocycles. The van der Waals surface area contributed by atoms with Gasteiger partial charge in [0.2, 0.25) is 5.52 Å². The maximum atomic E-state index is 12.0. The second kappa shape index (κ2) is 12.2. The molecule has 198 valence electrons. The molecular weight excluding hydrogens is 569 g/mol. The molecule has 1 unspecified atom stereocenters. The van der Waals surface area contributed by atoms with E-state index in [1.54, 1.807) is 25.1 Å². The van der Waals surface area contributed by atoms with Crippen LogP contribution in [0.3, 0.4) is 0 Å². The van der Waals surface area contributed by atoms with E-state index in [0.29, 0.717) is 0 Å². The highest BCUT2D eigenvalue weighted by molar-refractivity contribution is 8.03. The monoisotopic (exact) mass is 599 g/mol. The predicted molar refractivity (Wildman–Crippen MR) is 168 cm³/mol. The summed E-state index contributed by atoms with van der Waals surface area (Å²) in [6.07, 6.45) is 16.4. The number of hydrogen-bond acceptors (Lipinski definition) is 7. The molecule has 1 aliphatic heterocycles. The number of fused-ring (bicyclic) bond motifs is 2. The first-order valence-electron chi connectivity index (χ1n) is 12.3. The summed E-state index contributed by atoms with van der Waals surface area (Å²) in [4.78, 5) is 6.79. The number of aryl methyl sites for hydroxylation is 1. The normalized spacial score (nSPS) is 18.9. The predicted octanol–water partition coefficient (Wildman–Crippen LogP) is 7.94. The highest BCUT2D eigenvalue weighted by Crippen LogP contribution is 2.46. The zero-order chi connectivity index (χ0) is 26.8. The Bertz CT molecular complexity index is 1530. The summed E-state index contributed by atoms with van der Waals surface area (Å²) in [6.45, 7) is 0. The molecule has 1 atom stereocenters. The van der Waals surface area contributed by atoms with Gasteiger partial charge in [0.1, 0.15) is 11.7 Å². The van der Waals surface area contributed by atoms with Gasteiger partial charge in [-0.15, -0.1) is 11.8 Å². The molecule has 0 spiro atoms. The fraction of sp³-hybridized carbons (Fsp3) is 0.276. The van der Waals surface area contributed by atoms with Gasteiger partial charge in [-0.1, -0.05) is 35.3 Å². The van der Waals surface area contributed by atoms with Crippen molar-refractivity contribution in [1.82, 2.24) is 0 Å². The summed E-state index contributed by atoms with van der Waals surface area (Å²) in [6, 6.07) is 12.6. The molecule has 2 aliphatic rings. The zero-order valence-electron chi connectivity index (χ0n) is 22.1. The van der Waals surface area contributed by atoms with Crippen LogP contribution >= 0.6 is 46.9 Å². The number of thioether (sulfide) groups is 2. The van der Waals surface area contributed by atoms with Gasteiger partial charge in [-0.3, -0.25) is 4.21 Å². The summed E-state index contributed by atoms with van der Waals surface area (Å²) in [5.74, 6) is 0. The van der Waals surface area contributed by atoms with Crippen LogP contribution in [0, 0.1) is 0 Å². The van der Waals surface area contributed by atoms with Crippen LogP contribution < -0.4 is 9.47 Å². The Labute approximate surface area is 244 Å². The summed E-state index contributed by atoms with van der Waals surface area (Å²) >= 11 is 6.83. The third kappa shape index (κ3) is 5.74. The number of hydrogen-bond donors (Lipinski definition) is 0. The van der Waals surface area contributed by atoms with Gasteiger partial charge in [0.25, 0.3) is 5.01 Å². The Hall–Kier alpha value is -1.75. The fourth-order valence-corrected chi connectivity index (χ4v) is 8.68. The van der Waals surface area contributed by atoms with E-state index in [1.807, 2.05) is 35.2 Å². The lowest BCUT2D eigenvalue weighted by atomic mass is 9.94. The quantitative estimate of drug-likeness (QED) is 0.203. The smallest absolute Gasteiger partial charge is 0.262 e. The Kier molecular flexibility index (Phi) is 8.92. The second-order valence-corrected chi connectivity index (χ2v) is 14.4. The molecule has 38 heavy (non-hydrogen) atoms. The second-order valence-electron chi connectivity index (χ2n) is 9.07. The molecule has 5 rings (SSSR count). The number of allylic oxidation sites excluding steroid dienone is 5. The molecule has 0 amide bonds. The summed E-state index contributed by atoms with van der Waals surface area (Å²) in [7, 11) is 4.95. The zero-order valence-corrected chi connectivity index (χ0v) is 26.2. The van der Waals surface area contributed by atoms with E-state index in [0.717, 1.165) is 34.7 Å². The molecule has 0 saturated carbocycles. The van der Waals surface area contributed by atoms with Crippen molar-refractivity contribution in [3.63, 3.8) is 0 Å². The van der Waals surface area contributed by atoms with Gasteiger partial charge in [-0.25, -0.2) is 0 Å². The summed E-state index contributed by atoms with van der Waals surface area (Å²) < 4.78 is 20.7. The van der Waals surface area contributed by atoms with E-state index < -0.39 is 10.8 Å². The number of rotatable bonds is 7. The Balaban J connectivity index is 1.41. The summed E-state index contributed by atoms with van der Waals surface area (Å²) in [5.41, 5.74) is 5.16. The van der Waals surface area contributed by atoms with Crippen LogP contribution in [0.4, 0.5) is 5.69 Å². The molecule has 4 nitrogen and oxygen atoms in total. The van der Waals surface area contributed by atoms with Crippen molar-refractivity contribution in [2.75, 3.05) is 31.6 Å². The standard InChI is InChI=1S/C29H31N2O2S5/c1-30-23-17-21(37-33-3)11-13-25(23)35-27(30)15-9-19-7-6-8-20(29(19)34-4)10-16-28-31(2)24-18-22(38(5)32)12-14-26(24)36-28/h9-18H,6-8H2,1-5H3/q+1. The van der Waals surface area contributed by atoms with Crippen molar-refractivity contribution >= 4 is 79.7 Å². The average Bonchev–Trinajstić information content (AvgIpc) is 3.41. The molecule has 1 aliphatic carbocycles. The van der Waals surface area contributed by atoms with Gasteiger partial charge in [0.05, 0.1) is 17.8 Å². The highest BCUT2D eigenvalue weighted by Gasteiger charge is 2.23. The molecule has 0 fully saturated rings. The van der Waals surface area contributed by atoms with Gasteiger partial charge in [-0.2, -0.15) is 4.57 Å². The Morgan fingerprint density at radius 2 is 1.97 bits per heavy atom. The minimum Gasteiger partial charge on any atom is -0.338 e. The van der Waals surface area contributed by atoms with E-state index in [4.69, 9.17) is 4.18 Å². The molecule has 0 radical (unpaired) electrons. The lowest BCUT2D eigenvalue weighted by Gasteiger charge is -2.20. The number of nitrogens with zero attached hydrogens (tertiary/aromatic N) is 2. The molecule has 0 saturated heterocycles. The van der Waals surface area contributed by atoms with E-state index in [9.17, 15) is 4.21 Å². The van der Waals surface area contributed by atoms with Crippen molar-refractivity contribution < 1.29 is 13.0 Å². The molecule has 9 heteroatoms. The molecular formula is C29H31N2O2S5+. The number of aromatic nitrogens is 1. The molecule has 0 N–H and O–H groups in total. The Morgan fingerprint density at radius 3 is 2.74 bits per heavy atom. The summed E-state index contributed by atoms with van der Waals surface area (Å²) in [5, 5.41) is 2.43. The lowest BCUT2D eigenvalue weighted by Crippen LogP contribution is -2.28. The first-order valence-corrected chi connectivity index (χ1v) is 17.4. The molecule has 3 aromatic rings. The van der Waals surface area contributed by atoms with Crippen molar-refractivity contribution in [3.8, 4) is 0 Å². The van der Waals surface area contributed by atoms with Gasteiger partial charge >= 0.3 is 0 Å². The first-order chi connectivity index (χ1) is 18.4. The largest absolute Gasteiger partial charge is 0.338 e. The van der Waals surface area contributed by atoms with Crippen LogP contribution in [0.1, 0.15) is 24.3 Å². The van der Waals surface area contributed by atoms with Crippen molar-refractivity contribution in [2.45, 2.75) is 33.9 Å².